The minimum absolute atomic E-state index is 0.319. The molecule has 0 spiro atoms. The number of benzene rings is 1. The van der Waals surface area contributed by atoms with Gasteiger partial charge in [0.05, 0.1) is 0 Å². The normalized spacial score (nSPS) is 23.0. The third-order valence-electron chi connectivity index (χ3n) is 4.67. The van der Waals surface area contributed by atoms with Crippen LogP contribution in [0.3, 0.4) is 0 Å². The van der Waals surface area contributed by atoms with Crippen molar-refractivity contribution in [2.75, 3.05) is 0 Å². The fourth-order valence-corrected chi connectivity index (χ4v) is 3.37. The lowest BCUT2D eigenvalue weighted by atomic mass is 9.89. The summed E-state index contributed by atoms with van der Waals surface area (Å²) in [5.41, 5.74) is -0.140. The zero-order valence-corrected chi connectivity index (χ0v) is 12.5. The number of fused-ring (bicyclic) bond motifs is 1. The topological polar surface area (TPSA) is 75.6 Å². The molecule has 1 heterocycles. The van der Waals surface area contributed by atoms with E-state index >= 15 is 0 Å². The lowest BCUT2D eigenvalue weighted by molar-refractivity contribution is -0.149. The minimum Gasteiger partial charge on any atom is -0.480 e. The van der Waals surface area contributed by atoms with Gasteiger partial charge >= 0.3 is 5.97 Å². The van der Waals surface area contributed by atoms with E-state index in [1.165, 1.54) is 0 Å². The molecule has 22 heavy (non-hydrogen) atoms. The highest BCUT2D eigenvalue weighted by Crippen LogP contribution is 2.31. The van der Waals surface area contributed by atoms with Crippen LogP contribution in [0.15, 0.2) is 24.3 Å². The molecule has 118 valence electrons. The van der Waals surface area contributed by atoms with E-state index < -0.39 is 17.6 Å². The number of carboxylic acid groups (broad SMARTS) is 1. The average Bonchev–Trinajstić information content (AvgIpc) is 2.80. The van der Waals surface area contributed by atoms with E-state index in [0.717, 1.165) is 31.2 Å². The van der Waals surface area contributed by atoms with Gasteiger partial charge in [-0.15, -0.1) is 0 Å². The Labute approximate surface area is 129 Å². The fourth-order valence-electron chi connectivity index (χ4n) is 3.37. The highest BCUT2D eigenvalue weighted by molar-refractivity contribution is 5.90. The number of aliphatic carboxylic acids is 1. The molecule has 5 heteroatoms. The minimum atomic E-state index is -1.13. The first-order valence-corrected chi connectivity index (χ1v) is 7.91. The van der Waals surface area contributed by atoms with Crippen LogP contribution in [0.1, 0.15) is 44.1 Å². The molecule has 0 aromatic heterocycles. The van der Waals surface area contributed by atoms with Crippen LogP contribution in [0.4, 0.5) is 0 Å². The number of rotatable bonds is 3. The highest BCUT2D eigenvalue weighted by Gasteiger charge is 2.42. The van der Waals surface area contributed by atoms with Crippen LogP contribution >= 0.6 is 0 Å². The first-order chi connectivity index (χ1) is 10.6. The third-order valence-corrected chi connectivity index (χ3v) is 4.67. The Bertz CT molecular complexity index is 551. The molecule has 5 nitrogen and oxygen atoms in total. The van der Waals surface area contributed by atoms with Crippen LogP contribution in [-0.2, 0) is 16.0 Å². The zero-order chi connectivity index (χ0) is 15.6. The van der Waals surface area contributed by atoms with Crippen LogP contribution in [0, 0.1) is 0 Å². The van der Waals surface area contributed by atoms with Gasteiger partial charge in [0.2, 0.25) is 0 Å². The van der Waals surface area contributed by atoms with Gasteiger partial charge in [-0.2, -0.15) is 0 Å². The summed E-state index contributed by atoms with van der Waals surface area (Å²) in [7, 11) is 0. The van der Waals surface area contributed by atoms with Crippen molar-refractivity contribution < 1.29 is 19.4 Å². The van der Waals surface area contributed by atoms with Crippen molar-refractivity contribution >= 4 is 11.9 Å². The number of ether oxygens (including phenoxy) is 1. The predicted octanol–water partition coefficient (Wildman–Crippen LogP) is 2.28. The number of nitrogens with one attached hydrogen (secondary N) is 1. The molecule has 1 saturated carbocycles. The van der Waals surface area contributed by atoms with Crippen LogP contribution in [0.25, 0.3) is 0 Å². The molecule has 1 aliphatic heterocycles. The van der Waals surface area contributed by atoms with E-state index in [1.54, 1.807) is 0 Å². The molecule has 1 atom stereocenters. The van der Waals surface area contributed by atoms with Gasteiger partial charge in [-0.05, 0) is 24.5 Å². The quantitative estimate of drug-likeness (QED) is 0.840. The Morgan fingerprint density at radius 2 is 1.82 bits per heavy atom. The van der Waals surface area contributed by atoms with Crippen molar-refractivity contribution in [2.24, 2.45) is 0 Å². The lowest BCUT2D eigenvalue weighted by Gasteiger charge is -2.30. The van der Waals surface area contributed by atoms with Crippen LogP contribution in [0.5, 0.6) is 5.75 Å². The van der Waals surface area contributed by atoms with Crippen LogP contribution in [-0.4, -0.2) is 28.6 Å². The highest BCUT2D eigenvalue weighted by atomic mass is 16.5. The smallest absolute Gasteiger partial charge is 0.329 e. The average molecular weight is 303 g/mol. The van der Waals surface area contributed by atoms with Gasteiger partial charge < -0.3 is 15.2 Å². The van der Waals surface area contributed by atoms with Gasteiger partial charge in [-0.3, -0.25) is 4.79 Å². The third kappa shape index (κ3) is 2.80. The van der Waals surface area contributed by atoms with Gasteiger partial charge in [-0.25, -0.2) is 4.79 Å². The van der Waals surface area contributed by atoms with E-state index in [2.05, 4.69) is 5.32 Å². The predicted molar refractivity (Wildman–Crippen MR) is 80.8 cm³/mol. The Morgan fingerprint density at radius 3 is 2.45 bits per heavy atom. The second-order valence-corrected chi connectivity index (χ2v) is 6.21. The molecule has 2 aliphatic rings. The SMILES string of the molecule is O=C(NC1(C(=O)O)CCCCCC1)C1Cc2ccccc2O1. The molecule has 0 radical (unpaired) electrons. The molecular formula is C17H21NO4. The molecule has 0 bridgehead atoms. The molecule has 3 rings (SSSR count). The van der Waals surface area contributed by atoms with Crippen molar-refractivity contribution in [1.29, 1.82) is 0 Å². The van der Waals surface area contributed by atoms with Crippen molar-refractivity contribution in [3.8, 4) is 5.75 Å². The van der Waals surface area contributed by atoms with Crippen LogP contribution in [0.2, 0.25) is 0 Å². The lowest BCUT2D eigenvalue weighted by Crippen LogP contribution is -2.57. The largest absolute Gasteiger partial charge is 0.480 e. The van der Waals surface area contributed by atoms with Crippen molar-refractivity contribution in [2.45, 2.75) is 56.6 Å². The van der Waals surface area contributed by atoms with Gasteiger partial charge in [-0.1, -0.05) is 43.9 Å². The van der Waals surface area contributed by atoms with E-state index in [4.69, 9.17) is 4.74 Å². The molecule has 1 aromatic rings. The van der Waals surface area contributed by atoms with E-state index in [9.17, 15) is 14.7 Å². The number of carboxylic acids is 1. The van der Waals surface area contributed by atoms with Gasteiger partial charge in [0.1, 0.15) is 11.3 Å². The summed E-state index contributed by atoms with van der Waals surface area (Å²) in [6.07, 6.45) is 4.57. The first-order valence-electron chi connectivity index (χ1n) is 7.91. The summed E-state index contributed by atoms with van der Waals surface area (Å²) in [5.74, 6) is -0.536. The maximum atomic E-state index is 12.5. The summed E-state index contributed by atoms with van der Waals surface area (Å²) in [5, 5.41) is 12.4. The van der Waals surface area contributed by atoms with Gasteiger partial charge in [0.15, 0.2) is 6.10 Å². The van der Waals surface area contributed by atoms with Gasteiger partial charge in [0, 0.05) is 6.42 Å². The summed E-state index contributed by atoms with van der Waals surface area (Å²) in [6, 6.07) is 7.54. The number of carbonyl (C=O) groups excluding carboxylic acids is 1. The maximum Gasteiger partial charge on any atom is 0.329 e. The Hall–Kier alpha value is -2.04. The Morgan fingerprint density at radius 1 is 1.14 bits per heavy atom. The Kier molecular flexibility index (Phi) is 4.05. The number of carbonyl (C=O) groups is 2. The molecule has 1 fully saturated rings. The maximum absolute atomic E-state index is 12.5. The molecular weight excluding hydrogens is 282 g/mol. The van der Waals surface area contributed by atoms with Gasteiger partial charge in [0.25, 0.3) is 5.91 Å². The zero-order valence-electron chi connectivity index (χ0n) is 12.5. The standard InChI is InChI=1S/C17H21NO4/c19-15(14-11-12-7-3-4-8-13(12)22-14)18-17(16(20)21)9-5-1-2-6-10-17/h3-4,7-8,14H,1-2,5-6,9-11H2,(H,18,19)(H,20,21). The number of para-hydroxylation sites is 1. The first kappa shape index (κ1) is 14.9. The summed E-state index contributed by atoms with van der Waals surface area (Å²) < 4.78 is 5.66. The molecule has 1 aromatic carbocycles. The van der Waals surface area contributed by atoms with Crippen molar-refractivity contribution in [3.05, 3.63) is 29.8 Å². The monoisotopic (exact) mass is 303 g/mol. The second kappa shape index (κ2) is 5.99. The molecule has 0 saturated heterocycles. The number of amides is 1. The van der Waals surface area contributed by atoms with Crippen molar-refractivity contribution in [3.63, 3.8) is 0 Å². The van der Waals surface area contributed by atoms with Crippen molar-refractivity contribution in [1.82, 2.24) is 5.32 Å². The Balaban J connectivity index is 1.71. The number of hydrogen-bond donors (Lipinski definition) is 2. The number of hydrogen-bond acceptors (Lipinski definition) is 3. The molecule has 1 amide bonds. The van der Waals surface area contributed by atoms with E-state index in [-0.39, 0.29) is 5.91 Å². The molecule has 1 unspecified atom stereocenters. The molecule has 1 aliphatic carbocycles. The van der Waals surface area contributed by atoms with E-state index in [1.807, 2.05) is 24.3 Å². The van der Waals surface area contributed by atoms with Crippen LogP contribution < -0.4 is 10.1 Å². The van der Waals surface area contributed by atoms with E-state index in [0.29, 0.717) is 25.0 Å². The fraction of sp³-hybridized carbons (Fsp3) is 0.529. The molecule has 2 N–H and O–H groups in total. The summed E-state index contributed by atoms with van der Waals surface area (Å²) in [6.45, 7) is 0. The summed E-state index contributed by atoms with van der Waals surface area (Å²) >= 11 is 0. The second-order valence-electron chi connectivity index (χ2n) is 6.21. The summed E-state index contributed by atoms with van der Waals surface area (Å²) in [4.78, 5) is 24.2.